The van der Waals surface area contributed by atoms with Crippen LogP contribution < -0.4 is 0 Å². The summed E-state index contributed by atoms with van der Waals surface area (Å²) in [5, 5.41) is 18.6. The van der Waals surface area contributed by atoms with E-state index in [0.29, 0.717) is 0 Å². The number of aliphatic carboxylic acids is 2. The van der Waals surface area contributed by atoms with E-state index in [9.17, 15) is 23.1 Å². The van der Waals surface area contributed by atoms with Gasteiger partial charge in [-0.25, -0.2) is 13.8 Å². The van der Waals surface area contributed by atoms with E-state index in [1.807, 2.05) is 0 Å². The lowest BCUT2D eigenvalue weighted by Gasteiger charge is -2.33. The van der Waals surface area contributed by atoms with Crippen LogP contribution in [0, 0.1) is 5.92 Å². The Morgan fingerprint density at radius 1 is 1.17 bits per heavy atom. The first kappa shape index (κ1) is 16.9. The van der Waals surface area contributed by atoms with Gasteiger partial charge in [-0.2, -0.15) is 8.42 Å². The molecule has 0 radical (unpaired) electrons. The average molecular weight is 338 g/mol. The van der Waals surface area contributed by atoms with Crippen molar-refractivity contribution in [2.45, 2.75) is 17.4 Å². The van der Waals surface area contributed by atoms with Crippen molar-refractivity contribution in [3.05, 3.63) is 54.1 Å². The Kier molecular flexibility index (Phi) is 4.39. The second-order valence-electron chi connectivity index (χ2n) is 4.96. The number of allylic oxidation sites excluding steroid dienone is 2. The van der Waals surface area contributed by atoms with Crippen LogP contribution in [0.1, 0.15) is 6.92 Å². The Bertz CT molecular complexity index is 792. The maximum Gasteiger partial charge on any atom is 0.342 e. The van der Waals surface area contributed by atoms with E-state index in [1.54, 1.807) is 6.07 Å². The molecule has 2 rings (SSSR count). The van der Waals surface area contributed by atoms with Gasteiger partial charge in [-0.15, -0.1) is 0 Å². The minimum Gasteiger partial charge on any atom is -0.479 e. The highest BCUT2D eigenvalue weighted by Crippen LogP contribution is 2.36. The van der Waals surface area contributed by atoms with Gasteiger partial charge >= 0.3 is 11.9 Å². The van der Waals surface area contributed by atoms with E-state index in [2.05, 4.69) is 0 Å². The predicted octanol–water partition coefficient (Wildman–Crippen LogP) is 1.43. The van der Waals surface area contributed by atoms with Crippen molar-refractivity contribution in [3.63, 3.8) is 0 Å². The fourth-order valence-corrected chi connectivity index (χ4v) is 3.50. The molecule has 23 heavy (non-hydrogen) atoms. The third-order valence-corrected chi connectivity index (χ3v) is 4.93. The molecule has 2 unspecified atom stereocenters. The Morgan fingerprint density at radius 3 is 2.30 bits per heavy atom. The quantitative estimate of drug-likeness (QED) is 0.780. The van der Waals surface area contributed by atoms with Crippen LogP contribution in [0.25, 0.3) is 0 Å². The number of benzene rings is 1. The van der Waals surface area contributed by atoms with Gasteiger partial charge in [0.2, 0.25) is 5.60 Å². The molecule has 2 atom stereocenters. The monoisotopic (exact) mass is 338 g/mol. The van der Waals surface area contributed by atoms with Crippen LogP contribution in [0.3, 0.4) is 0 Å². The Labute approximate surface area is 132 Å². The van der Waals surface area contributed by atoms with Gasteiger partial charge < -0.3 is 10.2 Å². The molecule has 0 amide bonds. The fourth-order valence-electron chi connectivity index (χ4n) is 2.28. The molecule has 0 bridgehead atoms. The zero-order valence-corrected chi connectivity index (χ0v) is 12.9. The van der Waals surface area contributed by atoms with E-state index in [4.69, 9.17) is 9.29 Å². The molecule has 0 fully saturated rings. The zero-order chi connectivity index (χ0) is 17.3. The summed E-state index contributed by atoms with van der Waals surface area (Å²) < 4.78 is 29.7. The lowest BCUT2D eigenvalue weighted by atomic mass is 9.79. The molecule has 0 heterocycles. The van der Waals surface area contributed by atoms with Gasteiger partial charge in [0.1, 0.15) is 0 Å². The van der Waals surface area contributed by atoms with E-state index in [0.717, 1.165) is 12.2 Å². The van der Waals surface area contributed by atoms with Crippen molar-refractivity contribution in [3.8, 4) is 0 Å². The lowest BCUT2D eigenvalue weighted by molar-refractivity contribution is -0.154. The smallest absolute Gasteiger partial charge is 0.342 e. The highest BCUT2D eigenvalue weighted by molar-refractivity contribution is 7.86. The van der Waals surface area contributed by atoms with Crippen LogP contribution in [-0.2, 0) is 23.9 Å². The molecule has 0 aliphatic heterocycles. The number of hydrogen-bond donors (Lipinski definition) is 2. The summed E-state index contributed by atoms with van der Waals surface area (Å²) in [6.45, 7) is 1.29. The van der Waals surface area contributed by atoms with Crippen LogP contribution >= 0.6 is 0 Å². The number of carbonyl (C=O) groups is 2. The van der Waals surface area contributed by atoms with Crippen LogP contribution in [0.5, 0.6) is 0 Å². The molecule has 1 aliphatic rings. The molecule has 1 aromatic rings. The van der Waals surface area contributed by atoms with Gasteiger partial charge in [-0.05, 0) is 18.2 Å². The second-order valence-corrected chi connectivity index (χ2v) is 6.50. The van der Waals surface area contributed by atoms with E-state index >= 15 is 0 Å². The van der Waals surface area contributed by atoms with Crippen molar-refractivity contribution in [1.82, 2.24) is 0 Å². The highest BCUT2D eigenvalue weighted by atomic mass is 32.2. The van der Waals surface area contributed by atoms with Crippen molar-refractivity contribution >= 4 is 22.1 Å². The van der Waals surface area contributed by atoms with E-state index in [1.165, 1.54) is 37.3 Å². The van der Waals surface area contributed by atoms with E-state index < -0.39 is 33.6 Å². The molecule has 122 valence electrons. The summed E-state index contributed by atoms with van der Waals surface area (Å²) in [4.78, 5) is 22.7. The van der Waals surface area contributed by atoms with Gasteiger partial charge in [0.05, 0.1) is 4.90 Å². The third-order valence-electron chi connectivity index (χ3n) is 3.59. The maximum atomic E-state index is 12.3. The first-order chi connectivity index (χ1) is 10.7. The lowest BCUT2D eigenvalue weighted by Crippen LogP contribution is -2.49. The normalized spacial score (nSPS) is 24.0. The summed E-state index contributed by atoms with van der Waals surface area (Å²) in [5.41, 5.74) is -2.57. The van der Waals surface area contributed by atoms with Crippen LogP contribution in [0.4, 0.5) is 0 Å². The minimum atomic E-state index is -4.40. The molecular weight excluding hydrogens is 324 g/mol. The Hall–Kier alpha value is -2.45. The van der Waals surface area contributed by atoms with Crippen molar-refractivity contribution < 1.29 is 32.4 Å². The summed E-state index contributed by atoms with van der Waals surface area (Å²) in [7, 11) is -4.40. The van der Waals surface area contributed by atoms with Crippen molar-refractivity contribution in [2.75, 3.05) is 0 Å². The minimum absolute atomic E-state index is 0.215. The summed E-state index contributed by atoms with van der Waals surface area (Å²) in [5.74, 6) is -4.14. The third kappa shape index (κ3) is 3.03. The Balaban J connectivity index is 2.49. The Morgan fingerprint density at radius 2 is 1.78 bits per heavy atom. The van der Waals surface area contributed by atoms with E-state index in [-0.39, 0.29) is 10.5 Å². The second kappa shape index (κ2) is 5.98. The molecule has 1 aromatic carbocycles. The van der Waals surface area contributed by atoms with Gasteiger partial charge in [-0.3, -0.25) is 0 Å². The SMILES string of the molecule is CC1C(C(=O)O)=CC=CC1(OS(=O)(=O)c1ccccc1)C(=O)O. The predicted molar refractivity (Wildman–Crippen MR) is 79.1 cm³/mol. The zero-order valence-electron chi connectivity index (χ0n) is 12.0. The van der Waals surface area contributed by atoms with Crippen LogP contribution in [-0.4, -0.2) is 36.2 Å². The standard InChI is InChI=1S/C15H14O7S/c1-10-12(13(16)17)8-5-9-15(10,14(18)19)22-23(20,21)11-6-3-2-4-7-11/h2-10H,1H3,(H,16,17)(H,18,19). The largest absolute Gasteiger partial charge is 0.479 e. The van der Waals surface area contributed by atoms with Crippen molar-refractivity contribution in [2.24, 2.45) is 5.92 Å². The highest BCUT2D eigenvalue weighted by Gasteiger charge is 2.50. The van der Waals surface area contributed by atoms with Gasteiger partial charge in [-0.1, -0.05) is 37.3 Å². The number of rotatable bonds is 5. The molecule has 0 saturated heterocycles. The summed E-state index contributed by atoms with van der Waals surface area (Å²) in [6.07, 6.45) is 3.41. The molecule has 2 N–H and O–H groups in total. The molecule has 7 nitrogen and oxygen atoms in total. The van der Waals surface area contributed by atoms with Crippen molar-refractivity contribution in [1.29, 1.82) is 0 Å². The number of carboxylic acids is 2. The number of hydrogen-bond acceptors (Lipinski definition) is 5. The molecule has 8 heteroatoms. The fraction of sp³-hybridized carbons (Fsp3) is 0.200. The van der Waals surface area contributed by atoms with Crippen LogP contribution in [0.2, 0.25) is 0 Å². The maximum absolute atomic E-state index is 12.3. The molecular formula is C15H14O7S. The first-order valence-electron chi connectivity index (χ1n) is 6.57. The summed E-state index contributed by atoms with van der Waals surface area (Å²) in [6, 6.07) is 7.05. The molecule has 0 aromatic heterocycles. The molecule has 0 saturated carbocycles. The topological polar surface area (TPSA) is 118 Å². The first-order valence-corrected chi connectivity index (χ1v) is 7.98. The number of carboxylic acid groups (broad SMARTS) is 2. The van der Waals surface area contributed by atoms with Gasteiger partial charge in [0.15, 0.2) is 0 Å². The van der Waals surface area contributed by atoms with Gasteiger partial charge in [0.25, 0.3) is 10.1 Å². The average Bonchev–Trinajstić information content (AvgIpc) is 2.49. The van der Waals surface area contributed by atoms with Gasteiger partial charge in [0, 0.05) is 11.5 Å². The molecule has 1 aliphatic carbocycles. The summed E-state index contributed by atoms with van der Waals surface area (Å²) >= 11 is 0. The molecule has 0 spiro atoms. The van der Waals surface area contributed by atoms with Crippen LogP contribution in [0.15, 0.2) is 59.0 Å².